The van der Waals surface area contributed by atoms with Crippen LogP contribution in [0.2, 0.25) is 0 Å². The molecule has 5 nitrogen and oxygen atoms in total. The minimum atomic E-state index is -0.383. The summed E-state index contributed by atoms with van der Waals surface area (Å²) >= 11 is 2.91. The number of nitrogens with one attached hydrogen (secondary N) is 1. The first-order valence-electron chi connectivity index (χ1n) is 7.32. The highest BCUT2D eigenvalue weighted by atomic mass is 32.2. The number of carbonyl (C=O) groups excluding carboxylic acids is 1. The Morgan fingerprint density at radius 2 is 2.21 bits per heavy atom. The Bertz CT molecular complexity index is 832. The van der Waals surface area contributed by atoms with Gasteiger partial charge in [0.1, 0.15) is 5.82 Å². The zero-order valence-corrected chi connectivity index (χ0v) is 14.5. The largest absolute Gasteiger partial charge is 0.325 e. The van der Waals surface area contributed by atoms with Crippen LogP contribution in [0.15, 0.2) is 46.9 Å². The Balaban J connectivity index is 1.65. The average molecular weight is 362 g/mol. The van der Waals surface area contributed by atoms with E-state index in [4.69, 9.17) is 0 Å². The first-order chi connectivity index (χ1) is 11.7. The molecule has 1 amide bonds. The van der Waals surface area contributed by atoms with Crippen molar-refractivity contribution in [1.82, 2.24) is 14.8 Å². The molecule has 0 aliphatic rings. The van der Waals surface area contributed by atoms with Crippen LogP contribution < -0.4 is 5.32 Å². The third-order valence-corrected chi connectivity index (χ3v) is 5.05. The van der Waals surface area contributed by atoms with E-state index < -0.39 is 0 Å². The van der Waals surface area contributed by atoms with Crippen molar-refractivity contribution >= 4 is 34.7 Å². The number of benzene rings is 1. The average Bonchev–Trinajstić information content (AvgIpc) is 3.21. The van der Waals surface area contributed by atoms with Gasteiger partial charge in [-0.15, -0.1) is 21.5 Å². The first-order valence-corrected chi connectivity index (χ1v) is 9.19. The van der Waals surface area contributed by atoms with Gasteiger partial charge < -0.3 is 9.88 Å². The van der Waals surface area contributed by atoms with Gasteiger partial charge in [-0.25, -0.2) is 4.39 Å². The Morgan fingerprint density at radius 3 is 2.92 bits per heavy atom. The van der Waals surface area contributed by atoms with E-state index in [0.717, 1.165) is 10.7 Å². The Hall–Kier alpha value is -2.19. The fraction of sp³-hybridized carbons (Fsp3) is 0.188. The van der Waals surface area contributed by atoms with Gasteiger partial charge in [-0.05, 0) is 36.6 Å². The maximum absolute atomic E-state index is 13.1. The number of anilines is 1. The summed E-state index contributed by atoms with van der Waals surface area (Å²) in [5.41, 5.74) is 0.442. The molecule has 24 heavy (non-hydrogen) atoms. The lowest BCUT2D eigenvalue weighted by Crippen LogP contribution is -2.14. The molecule has 0 saturated heterocycles. The van der Waals surface area contributed by atoms with E-state index in [0.29, 0.717) is 17.4 Å². The number of thiophene rings is 1. The predicted octanol–water partition coefficient (Wildman–Crippen LogP) is 3.90. The molecule has 8 heteroatoms. The van der Waals surface area contributed by atoms with Gasteiger partial charge in [0.2, 0.25) is 5.91 Å². The minimum absolute atomic E-state index is 0.180. The van der Waals surface area contributed by atoms with E-state index in [1.54, 1.807) is 23.5 Å². The SMILES string of the molecule is CCn1c(SCC(=O)Nc2cccc(F)c2)nnc1-c1cccs1. The van der Waals surface area contributed by atoms with Gasteiger partial charge in [-0.2, -0.15) is 0 Å². The fourth-order valence-corrected chi connectivity index (χ4v) is 3.68. The molecule has 0 bridgehead atoms. The van der Waals surface area contributed by atoms with Crippen LogP contribution in [0, 0.1) is 5.82 Å². The van der Waals surface area contributed by atoms with Crippen LogP contribution in [-0.2, 0) is 11.3 Å². The number of rotatable bonds is 6. The zero-order chi connectivity index (χ0) is 16.9. The molecule has 0 atom stereocenters. The highest BCUT2D eigenvalue weighted by Gasteiger charge is 2.15. The van der Waals surface area contributed by atoms with Crippen molar-refractivity contribution in [3.05, 3.63) is 47.6 Å². The van der Waals surface area contributed by atoms with Gasteiger partial charge in [0, 0.05) is 12.2 Å². The molecule has 0 saturated carbocycles. The predicted molar refractivity (Wildman–Crippen MR) is 94.8 cm³/mol. The van der Waals surface area contributed by atoms with Crippen molar-refractivity contribution < 1.29 is 9.18 Å². The quantitative estimate of drug-likeness (QED) is 0.676. The molecule has 0 spiro atoms. The molecule has 3 aromatic rings. The molecule has 3 rings (SSSR count). The van der Waals surface area contributed by atoms with Crippen molar-refractivity contribution in [2.45, 2.75) is 18.6 Å². The Labute approximate surface area is 146 Å². The summed E-state index contributed by atoms with van der Waals surface area (Å²) in [6.45, 7) is 2.73. The summed E-state index contributed by atoms with van der Waals surface area (Å²) in [4.78, 5) is 13.1. The highest BCUT2D eigenvalue weighted by molar-refractivity contribution is 7.99. The molecular weight excluding hydrogens is 347 g/mol. The van der Waals surface area contributed by atoms with Gasteiger partial charge in [0.25, 0.3) is 0 Å². The molecule has 0 radical (unpaired) electrons. The van der Waals surface area contributed by atoms with E-state index >= 15 is 0 Å². The third kappa shape index (κ3) is 3.82. The van der Waals surface area contributed by atoms with E-state index in [2.05, 4.69) is 15.5 Å². The highest BCUT2D eigenvalue weighted by Crippen LogP contribution is 2.27. The van der Waals surface area contributed by atoms with Crippen molar-refractivity contribution in [3.63, 3.8) is 0 Å². The molecule has 1 N–H and O–H groups in total. The molecule has 124 valence electrons. The van der Waals surface area contributed by atoms with E-state index in [-0.39, 0.29) is 17.5 Å². The lowest BCUT2D eigenvalue weighted by Gasteiger charge is -2.07. The van der Waals surface area contributed by atoms with Crippen LogP contribution in [0.4, 0.5) is 10.1 Å². The molecule has 0 unspecified atom stereocenters. The smallest absolute Gasteiger partial charge is 0.234 e. The van der Waals surface area contributed by atoms with E-state index in [1.165, 1.54) is 23.9 Å². The number of halogens is 1. The van der Waals surface area contributed by atoms with Gasteiger partial charge in [-0.3, -0.25) is 4.79 Å². The van der Waals surface area contributed by atoms with Crippen LogP contribution in [-0.4, -0.2) is 26.4 Å². The zero-order valence-electron chi connectivity index (χ0n) is 12.9. The van der Waals surface area contributed by atoms with Gasteiger partial charge in [-0.1, -0.05) is 23.9 Å². The minimum Gasteiger partial charge on any atom is -0.325 e. The normalized spacial score (nSPS) is 10.8. The van der Waals surface area contributed by atoms with Crippen LogP contribution in [0.25, 0.3) is 10.7 Å². The first kappa shape index (κ1) is 16.7. The fourth-order valence-electron chi connectivity index (χ4n) is 2.16. The van der Waals surface area contributed by atoms with Crippen LogP contribution in [0.1, 0.15) is 6.92 Å². The molecule has 2 heterocycles. The standard InChI is InChI=1S/C16H15FN4OS2/c1-2-21-15(13-7-4-8-23-13)19-20-16(21)24-10-14(22)18-12-6-3-5-11(17)9-12/h3-9H,2,10H2,1H3,(H,18,22). The molecule has 0 fully saturated rings. The monoisotopic (exact) mass is 362 g/mol. The van der Waals surface area contributed by atoms with Crippen molar-refractivity contribution in [1.29, 1.82) is 0 Å². The number of amides is 1. The molecular formula is C16H15FN4OS2. The summed E-state index contributed by atoms with van der Waals surface area (Å²) in [5.74, 6) is 0.389. The maximum atomic E-state index is 13.1. The second-order valence-corrected chi connectivity index (χ2v) is 6.77. The summed E-state index contributed by atoms with van der Waals surface area (Å²) in [7, 11) is 0. The summed E-state index contributed by atoms with van der Waals surface area (Å²) < 4.78 is 15.1. The van der Waals surface area contributed by atoms with Crippen LogP contribution in [0.5, 0.6) is 0 Å². The third-order valence-electron chi connectivity index (χ3n) is 3.22. The second kappa shape index (κ2) is 7.59. The molecule has 0 aliphatic carbocycles. The summed E-state index contributed by atoms with van der Waals surface area (Å²) in [6, 6.07) is 9.78. The number of nitrogens with zero attached hydrogens (tertiary/aromatic N) is 3. The topological polar surface area (TPSA) is 59.8 Å². The van der Waals surface area contributed by atoms with Crippen molar-refractivity contribution in [3.8, 4) is 10.7 Å². The Morgan fingerprint density at radius 1 is 1.33 bits per heavy atom. The second-order valence-electron chi connectivity index (χ2n) is 4.87. The number of thioether (sulfide) groups is 1. The van der Waals surface area contributed by atoms with Crippen molar-refractivity contribution in [2.75, 3.05) is 11.1 Å². The van der Waals surface area contributed by atoms with Crippen LogP contribution >= 0.6 is 23.1 Å². The molecule has 0 aliphatic heterocycles. The molecule has 1 aromatic carbocycles. The van der Waals surface area contributed by atoms with E-state index in [1.807, 2.05) is 29.0 Å². The lowest BCUT2D eigenvalue weighted by atomic mass is 10.3. The van der Waals surface area contributed by atoms with Crippen molar-refractivity contribution in [2.24, 2.45) is 0 Å². The Kier molecular flexibility index (Phi) is 5.27. The number of hydrogen-bond acceptors (Lipinski definition) is 5. The number of carbonyl (C=O) groups is 1. The summed E-state index contributed by atoms with van der Waals surface area (Å²) in [5, 5.41) is 13.8. The van der Waals surface area contributed by atoms with E-state index in [9.17, 15) is 9.18 Å². The molecule has 2 aromatic heterocycles. The maximum Gasteiger partial charge on any atom is 0.234 e. The van der Waals surface area contributed by atoms with Gasteiger partial charge in [0.15, 0.2) is 11.0 Å². The number of aromatic nitrogens is 3. The summed E-state index contributed by atoms with van der Waals surface area (Å²) in [6.07, 6.45) is 0. The van der Waals surface area contributed by atoms with Gasteiger partial charge in [0.05, 0.1) is 10.6 Å². The number of hydrogen-bond donors (Lipinski definition) is 1. The van der Waals surface area contributed by atoms with Gasteiger partial charge >= 0.3 is 0 Å². The lowest BCUT2D eigenvalue weighted by molar-refractivity contribution is -0.113. The van der Waals surface area contributed by atoms with Crippen LogP contribution in [0.3, 0.4) is 0 Å².